The first kappa shape index (κ1) is 11.8. The van der Waals surface area contributed by atoms with E-state index < -0.39 is 0 Å². The van der Waals surface area contributed by atoms with Crippen LogP contribution in [0.3, 0.4) is 0 Å². The lowest BCUT2D eigenvalue weighted by atomic mass is 10.1. The van der Waals surface area contributed by atoms with E-state index in [0.717, 1.165) is 25.3 Å². The SMILES string of the molecule is N#Cc1ccc(N2CCN3CCCC3C2)cc1Cl. The van der Waals surface area contributed by atoms with E-state index in [1.807, 2.05) is 18.2 Å². The summed E-state index contributed by atoms with van der Waals surface area (Å²) in [6, 6.07) is 8.55. The third-order valence-electron chi connectivity index (χ3n) is 4.03. The fourth-order valence-electron chi connectivity index (χ4n) is 3.02. The average molecular weight is 262 g/mol. The summed E-state index contributed by atoms with van der Waals surface area (Å²) in [5.74, 6) is 0. The number of benzene rings is 1. The van der Waals surface area contributed by atoms with Crippen molar-refractivity contribution in [3.63, 3.8) is 0 Å². The normalized spacial score (nSPS) is 23.8. The second-order valence-corrected chi connectivity index (χ2v) is 5.46. The van der Waals surface area contributed by atoms with Gasteiger partial charge < -0.3 is 4.90 Å². The molecule has 3 nitrogen and oxygen atoms in total. The number of halogens is 1. The van der Waals surface area contributed by atoms with E-state index in [4.69, 9.17) is 16.9 Å². The lowest BCUT2D eigenvalue weighted by Crippen LogP contribution is -2.50. The fraction of sp³-hybridized carbons (Fsp3) is 0.500. The van der Waals surface area contributed by atoms with Gasteiger partial charge in [-0.15, -0.1) is 0 Å². The molecule has 1 aromatic rings. The zero-order chi connectivity index (χ0) is 12.5. The molecular weight excluding hydrogens is 246 g/mol. The fourth-order valence-corrected chi connectivity index (χ4v) is 3.23. The largest absolute Gasteiger partial charge is 0.369 e. The molecule has 4 heteroatoms. The molecule has 94 valence electrons. The summed E-state index contributed by atoms with van der Waals surface area (Å²) in [5, 5.41) is 9.45. The van der Waals surface area contributed by atoms with Gasteiger partial charge in [-0.05, 0) is 37.6 Å². The van der Waals surface area contributed by atoms with Gasteiger partial charge in [0.1, 0.15) is 6.07 Å². The first-order valence-electron chi connectivity index (χ1n) is 6.46. The molecular formula is C14H16ClN3. The maximum absolute atomic E-state index is 8.89. The van der Waals surface area contributed by atoms with Crippen LogP contribution in [0.2, 0.25) is 5.02 Å². The van der Waals surface area contributed by atoms with Gasteiger partial charge in [-0.3, -0.25) is 4.90 Å². The molecule has 1 aromatic carbocycles. The Balaban J connectivity index is 1.79. The van der Waals surface area contributed by atoms with Crippen molar-refractivity contribution >= 4 is 17.3 Å². The van der Waals surface area contributed by atoms with E-state index in [9.17, 15) is 0 Å². The predicted octanol–water partition coefficient (Wildman–Crippen LogP) is 2.50. The molecule has 0 aromatic heterocycles. The molecule has 0 N–H and O–H groups in total. The van der Waals surface area contributed by atoms with Crippen molar-refractivity contribution < 1.29 is 0 Å². The van der Waals surface area contributed by atoms with E-state index in [0.29, 0.717) is 16.6 Å². The van der Waals surface area contributed by atoms with Crippen LogP contribution < -0.4 is 4.90 Å². The molecule has 2 fully saturated rings. The van der Waals surface area contributed by atoms with Crippen molar-refractivity contribution in [1.29, 1.82) is 5.26 Å². The Morgan fingerprint density at radius 2 is 2.17 bits per heavy atom. The molecule has 18 heavy (non-hydrogen) atoms. The Morgan fingerprint density at radius 1 is 1.28 bits per heavy atom. The average Bonchev–Trinajstić information content (AvgIpc) is 2.85. The maximum Gasteiger partial charge on any atom is 0.101 e. The van der Waals surface area contributed by atoms with E-state index in [2.05, 4.69) is 15.9 Å². The zero-order valence-electron chi connectivity index (χ0n) is 10.3. The third kappa shape index (κ3) is 2.07. The third-order valence-corrected chi connectivity index (χ3v) is 4.34. The lowest BCUT2D eigenvalue weighted by Gasteiger charge is -2.38. The minimum absolute atomic E-state index is 0.555. The molecule has 0 spiro atoms. The summed E-state index contributed by atoms with van der Waals surface area (Å²) >= 11 is 6.10. The topological polar surface area (TPSA) is 30.3 Å². The minimum atomic E-state index is 0.555. The summed E-state index contributed by atoms with van der Waals surface area (Å²) in [7, 11) is 0. The van der Waals surface area contributed by atoms with Gasteiger partial charge in [0.25, 0.3) is 0 Å². The van der Waals surface area contributed by atoms with Crippen molar-refractivity contribution in [3.05, 3.63) is 28.8 Å². The van der Waals surface area contributed by atoms with Gasteiger partial charge >= 0.3 is 0 Å². The highest BCUT2D eigenvalue weighted by atomic mass is 35.5. The number of nitriles is 1. The molecule has 3 rings (SSSR count). The van der Waals surface area contributed by atoms with Gasteiger partial charge in [0.05, 0.1) is 10.6 Å². The van der Waals surface area contributed by atoms with E-state index in [-0.39, 0.29) is 0 Å². The van der Waals surface area contributed by atoms with Crippen molar-refractivity contribution in [2.24, 2.45) is 0 Å². The lowest BCUT2D eigenvalue weighted by molar-refractivity contribution is 0.231. The van der Waals surface area contributed by atoms with Gasteiger partial charge in [-0.25, -0.2) is 0 Å². The summed E-state index contributed by atoms with van der Waals surface area (Å²) in [6.45, 7) is 4.54. The van der Waals surface area contributed by atoms with Crippen LogP contribution >= 0.6 is 11.6 Å². The number of rotatable bonds is 1. The molecule has 2 aliphatic rings. The molecule has 0 amide bonds. The highest BCUT2D eigenvalue weighted by molar-refractivity contribution is 6.32. The smallest absolute Gasteiger partial charge is 0.101 e. The Labute approximate surface area is 113 Å². The maximum atomic E-state index is 8.89. The molecule has 0 radical (unpaired) electrons. The predicted molar refractivity (Wildman–Crippen MR) is 73.0 cm³/mol. The highest BCUT2D eigenvalue weighted by Crippen LogP contribution is 2.28. The van der Waals surface area contributed by atoms with Crippen LogP contribution in [0.1, 0.15) is 18.4 Å². The minimum Gasteiger partial charge on any atom is -0.369 e. The highest BCUT2D eigenvalue weighted by Gasteiger charge is 2.30. The monoisotopic (exact) mass is 261 g/mol. The van der Waals surface area contributed by atoms with E-state index in [1.165, 1.54) is 19.4 Å². The zero-order valence-corrected chi connectivity index (χ0v) is 11.0. The number of anilines is 1. The van der Waals surface area contributed by atoms with Gasteiger partial charge in [0.15, 0.2) is 0 Å². The summed E-state index contributed by atoms with van der Waals surface area (Å²) < 4.78 is 0. The number of hydrogen-bond donors (Lipinski definition) is 0. The van der Waals surface area contributed by atoms with E-state index in [1.54, 1.807) is 0 Å². The molecule has 0 saturated carbocycles. The van der Waals surface area contributed by atoms with Crippen LogP contribution in [-0.2, 0) is 0 Å². The standard InChI is InChI=1S/C14H16ClN3/c15-14-8-12(4-3-11(14)9-16)18-7-6-17-5-1-2-13(17)10-18/h3-4,8,13H,1-2,5-7,10H2. The van der Waals surface area contributed by atoms with Crippen molar-refractivity contribution in [1.82, 2.24) is 4.90 Å². The molecule has 2 aliphatic heterocycles. The molecule has 1 unspecified atom stereocenters. The van der Waals surface area contributed by atoms with Gasteiger partial charge in [0, 0.05) is 31.4 Å². The molecule has 2 saturated heterocycles. The van der Waals surface area contributed by atoms with Crippen molar-refractivity contribution in [3.8, 4) is 6.07 Å². The van der Waals surface area contributed by atoms with Crippen molar-refractivity contribution in [2.45, 2.75) is 18.9 Å². The van der Waals surface area contributed by atoms with Crippen LogP contribution in [0.5, 0.6) is 0 Å². The van der Waals surface area contributed by atoms with Crippen LogP contribution in [0, 0.1) is 11.3 Å². The number of fused-ring (bicyclic) bond motifs is 1. The number of piperazine rings is 1. The Kier molecular flexibility index (Phi) is 3.15. The van der Waals surface area contributed by atoms with Crippen LogP contribution in [0.25, 0.3) is 0 Å². The number of nitrogens with zero attached hydrogens (tertiary/aromatic N) is 3. The molecule has 0 bridgehead atoms. The summed E-state index contributed by atoms with van der Waals surface area (Å²) in [6.07, 6.45) is 2.63. The Bertz CT molecular complexity index is 494. The number of hydrogen-bond acceptors (Lipinski definition) is 3. The van der Waals surface area contributed by atoms with Crippen LogP contribution in [0.4, 0.5) is 5.69 Å². The van der Waals surface area contributed by atoms with E-state index >= 15 is 0 Å². The van der Waals surface area contributed by atoms with Gasteiger partial charge in [-0.2, -0.15) is 5.26 Å². The summed E-state index contributed by atoms with van der Waals surface area (Å²) in [4.78, 5) is 4.97. The summed E-state index contributed by atoms with van der Waals surface area (Å²) in [5.41, 5.74) is 1.70. The molecule has 2 heterocycles. The first-order valence-corrected chi connectivity index (χ1v) is 6.84. The second-order valence-electron chi connectivity index (χ2n) is 5.05. The molecule has 1 atom stereocenters. The first-order chi connectivity index (χ1) is 8.78. The Hall–Kier alpha value is -1.24. The van der Waals surface area contributed by atoms with Gasteiger partial charge in [-0.1, -0.05) is 11.6 Å². The molecule has 0 aliphatic carbocycles. The quantitative estimate of drug-likeness (QED) is 0.778. The second kappa shape index (κ2) is 4.79. The van der Waals surface area contributed by atoms with Crippen LogP contribution in [0.15, 0.2) is 18.2 Å². The Morgan fingerprint density at radius 3 is 2.94 bits per heavy atom. The van der Waals surface area contributed by atoms with Crippen molar-refractivity contribution in [2.75, 3.05) is 31.1 Å². The van der Waals surface area contributed by atoms with Crippen LogP contribution in [-0.4, -0.2) is 37.1 Å². The van der Waals surface area contributed by atoms with Gasteiger partial charge in [0.2, 0.25) is 0 Å².